The number of nitrogens with zero attached hydrogens (tertiary/aromatic N) is 4. The van der Waals surface area contributed by atoms with Gasteiger partial charge >= 0.3 is 0 Å². The number of hydrogen-bond acceptors (Lipinski definition) is 4. The van der Waals surface area contributed by atoms with Crippen LogP contribution < -0.4 is 9.91 Å². The predicted molar refractivity (Wildman–Crippen MR) is 143 cm³/mol. The molecule has 1 aromatic rings. The van der Waals surface area contributed by atoms with E-state index in [2.05, 4.69) is 60.0 Å². The summed E-state index contributed by atoms with van der Waals surface area (Å²) in [7, 11) is 6.02. The molecular formula is C30H42N4O2. The molecule has 0 radical (unpaired) electrons. The second kappa shape index (κ2) is 8.26. The Morgan fingerprint density at radius 1 is 1.06 bits per heavy atom. The summed E-state index contributed by atoms with van der Waals surface area (Å²) >= 11 is 0. The van der Waals surface area contributed by atoms with Crippen LogP contribution in [0, 0.1) is 34.5 Å². The highest BCUT2D eigenvalue weighted by atomic mass is 16.2. The van der Waals surface area contributed by atoms with Crippen LogP contribution in [0.25, 0.3) is 0 Å². The molecule has 2 amide bonds. The zero-order chi connectivity index (χ0) is 25.4. The number of fused-ring (bicyclic) bond motifs is 6. The smallest absolute Gasteiger partial charge is 0.246 e. The van der Waals surface area contributed by atoms with E-state index in [1.165, 1.54) is 38.5 Å². The number of carbonyl (C=O) groups excluding carboxylic acids is 2. The van der Waals surface area contributed by atoms with E-state index in [4.69, 9.17) is 0 Å². The average molecular weight is 491 g/mol. The molecule has 3 aliphatic carbocycles. The Hall–Kier alpha value is -2.50. The Labute approximate surface area is 216 Å². The van der Waals surface area contributed by atoms with Crippen LogP contribution in [0.2, 0.25) is 0 Å². The molecule has 194 valence electrons. The first kappa shape index (κ1) is 23.9. The van der Waals surface area contributed by atoms with Crippen molar-refractivity contribution in [3.05, 3.63) is 36.4 Å². The van der Waals surface area contributed by atoms with E-state index in [9.17, 15) is 9.59 Å². The molecule has 2 aliphatic heterocycles. The molecule has 0 aromatic heterocycles. The first-order valence-corrected chi connectivity index (χ1v) is 13.9. The summed E-state index contributed by atoms with van der Waals surface area (Å²) in [6.45, 7) is 5.00. The van der Waals surface area contributed by atoms with Crippen molar-refractivity contribution in [1.29, 1.82) is 0 Å². The third-order valence-electron chi connectivity index (χ3n) is 11.3. The van der Waals surface area contributed by atoms with Gasteiger partial charge in [-0.3, -0.25) is 19.6 Å². The first-order valence-electron chi connectivity index (χ1n) is 13.9. The fraction of sp³-hybridized carbons (Fsp3) is 0.667. The Balaban J connectivity index is 1.40. The number of hydrazine groups is 1. The largest absolute Gasteiger partial charge is 0.351 e. The number of amides is 2. The summed E-state index contributed by atoms with van der Waals surface area (Å²) in [6, 6.07) is 8.55. The van der Waals surface area contributed by atoms with Crippen molar-refractivity contribution in [3.63, 3.8) is 0 Å². The fourth-order valence-electron chi connectivity index (χ4n) is 9.67. The monoisotopic (exact) mass is 490 g/mol. The summed E-state index contributed by atoms with van der Waals surface area (Å²) in [5.41, 5.74) is 2.71. The van der Waals surface area contributed by atoms with Crippen LogP contribution in [0.15, 0.2) is 36.4 Å². The Bertz CT molecular complexity index is 1090. The summed E-state index contributed by atoms with van der Waals surface area (Å²) in [5.74, 6) is 2.62. The van der Waals surface area contributed by atoms with Crippen LogP contribution in [0.1, 0.15) is 58.8 Å². The lowest BCUT2D eigenvalue weighted by Gasteiger charge is -2.62. The van der Waals surface area contributed by atoms with E-state index < -0.39 is 0 Å². The minimum Gasteiger partial charge on any atom is -0.351 e. The average Bonchev–Trinajstić information content (AvgIpc) is 3.39. The van der Waals surface area contributed by atoms with Gasteiger partial charge in [0.1, 0.15) is 6.17 Å². The van der Waals surface area contributed by atoms with Gasteiger partial charge in [0.15, 0.2) is 0 Å². The topological polar surface area (TPSA) is 47.1 Å². The van der Waals surface area contributed by atoms with E-state index in [0.29, 0.717) is 23.2 Å². The van der Waals surface area contributed by atoms with Crippen LogP contribution in [-0.2, 0) is 9.59 Å². The number of likely N-dealkylation sites (N-methyl/N-ethyl adjacent to an activating group) is 1. The Morgan fingerprint density at radius 3 is 2.56 bits per heavy atom. The molecule has 2 unspecified atom stereocenters. The highest BCUT2D eigenvalue weighted by molar-refractivity contribution is 5.89. The van der Waals surface area contributed by atoms with Gasteiger partial charge in [0, 0.05) is 32.6 Å². The molecule has 0 N–H and O–H groups in total. The molecule has 0 spiro atoms. The Morgan fingerprint density at radius 2 is 1.81 bits per heavy atom. The SMILES string of the molecule is CN1c2ccccc2N(N(C)C=O)C1CC1C[C@H]2[C@@H]3CCC[C@@]3(C)CC[C@@H]2[C@@]2(C)C=CC(=O)N(C)[C@H]12. The number of rotatable bonds is 4. The zero-order valence-corrected chi connectivity index (χ0v) is 22.6. The maximum Gasteiger partial charge on any atom is 0.246 e. The van der Waals surface area contributed by atoms with Crippen molar-refractivity contribution in [2.45, 2.75) is 71.0 Å². The molecule has 3 saturated carbocycles. The fourth-order valence-corrected chi connectivity index (χ4v) is 9.67. The highest BCUT2D eigenvalue weighted by Gasteiger charge is 2.61. The normalized spacial score (nSPS) is 41.0. The molecule has 6 heteroatoms. The van der Waals surface area contributed by atoms with Crippen LogP contribution in [0.3, 0.4) is 0 Å². The number of benzene rings is 1. The molecule has 8 atom stereocenters. The van der Waals surface area contributed by atoms with Gasteiger partial charge in [-0.1, -0.05) is 38.5 Å². The minimum absolute atomic E-state index is 0.00835. The second-order valence-corrected chi connectivity index (χ2v) is 12.9. The summed E-state index contributed by atoms with van der Waals surface area (Å²) in [4.78, 5) is 29.4. The molecule has 6 nitrogen and oxygen atoms in total. The quantitative estimate of drug-likeness (QED) is 0.562. The number of anilines is 2. The van der Waals surface area contributed by atoms with Gasteiger partial charge in [0.05, 0.1) is 11.4 Å². The standard InChI is InChI=1S/C30H42N4O2/c1-29-14-8-9-22(29)21-17-20(28-30(2,23(21)12-15-29)16-13-27(36)33(28)5)18-26-32(4)24-10-6-7-11-25(24)34(26)31(3)19-35/h6-7,10-11,13,16,19-23,26,28H,8-9,12,14-15,17-18H2,1-5H3/t20?,21-,22-,23-,26?,28+,29-,30+/m0/s1. The molecule has 3 fully saturated rings. The Kier molecular flexibility index (Phi) is 5.47. The van der Waals surface area contributed by atoms with E-state index in [1.54, 1.807) is 5.01 Å². The van der Waals surface area contributed by atoms with Gasteiger partial charge in [0.25, 0.3) is 0 Å². The second-order valence-electron chi connectivity index (χ2n) is 12.9. The van der Waals surface area contributed by atoms with Crippen LogP contribution in [-0.4, -0.2) is 55.6 Å². The predicted octanol–water partition coefficient (Wildman–Crippen LogP) is 4.92. The summed E-state index contributed by atoms with van der Waals surface area (Å²) < 4.78 is 0. The van der Waals surface area contributed by atoms with Crippen molar-refractivity contribution < 1.29 is 9.59 Å². The third kappa shape index (κ3) is 3.21. The van der Waals surface area contributed by atoms with Crippen molar-refractivity contribution in [2.24, 2.45) is 34.5 Å². The molecule has 6 rings (SSSR count). The lowest BCUT2D eigenvalue weighted by molar-refractivity contribution is -0.145. The van der Waals surface area contributed by atoms with Gasteiger partial charge in [0.2, 0.25) is 12.3 Å². The van der Waals surface area contributed by atoms with E-state index in [-0.39, 0.29) is 23.5 Å². The lowest BCUT2D eigenvalue weighted by Crippen LogP contribution is -2.64. The number of para-hydroxylation sites is 2. The van der Waals surface area contributed by atoms with Gasteiger partial charge in [-0.15, -0.1) is 0 Å². The maximum absolute atomic E-state index is 13.0. The number of carbonyl (C=O) groups is 2. The first-order chi connectivity index (χ1) is 17.2. The molecular weight excluding hydrogens is 448 g/mol. The van der Waals surface area contributed by atoms with Crippen molar-refractivity contribution in [3.8, 4) is 0 Å². The maximum atomic E-state index is 13.0. The van der Waals surface area contributed by atoms with Gasteiger partial charge in [-0.25, -0.2) is 0 Å². The van der Waals surface area contributed by atoms with E-state index >= 15 is 0 Å². The van der Waals surface area contributed by atoms with Crippen LogP contribution in [0.5, 0.6) is 0 Å². The lowest BCUT2D eigenvalue weighted by atomic mass is 9.46. The third-order valence-corrected chi connectivity index (χ3v) is 11.3. The zero-order valence-electron chi connectivity index (χ0n) is 22.6. The van der Waals surface area contributed by atoms with Crippen molar-refractivity contribution >= 4 is 23.7 Å². The molecule has 1 aromatic carbocycles. The summed E-state index contributed by atoms with van der Waals surface area (Å²) in [5, 5.41) is 3.86. The van der Waals surface area contributed by atoms with Gasteiger partial charge in [-0.2, -0.15) is 0 Å². The molecule has 0 bridgehead atoms. The summed E-state index contributed by atoms with van der Waals surface area (Å²) in [6.07, 6.45) is 13.9. The van der Waals surface area contributed by atoms with E-state index in [1.807, 2.05) is 26.2 Å². The highest BCUT2D eigenvalue weighted by Crippen LogP contribution is 2.65. The van der Waals surface area contributed by atoms with E-state index in [0.717, 1.165) is 30.1 Å². The minimum atomic E-state index is -0.00835. The van der Waals surface area contributed by atoms with Gasteiger partial charge in [-0.05, 0) is 85.8 Å². The molecule has 36 heavy (non-hydrogen) atoms. The molecule has 0 saturated heterocycles. The van der Waals surface area contributed by atoms with Crippen LogP contribution in [0.4, 0.5) is 11.4 Å². The van der Waals surface area contributed by atoms with Crippen molar-refractivity contribution in [1.82, 2.24) is 9.91 Å². The molecule has 5 aliphatic rings. The number of hydrogen-bond donors (Lipinski definition) is 0. The van der Waals surface area contributed by atoms with Gasteiger partial charge < -0.3 is 9.80 Å². The van der Waals surface area contributed by atoms with Crippen molar-refractivity contribution in [2.75, 3.05) is 31.1 Å². The molecule has 2 heterocycles. The van der Waals surface area contributed by atoms with Crippen LogP contribution >= 0.6 is 0 Å².